The quantitative estimate of drug-likeness (QED) is 0.281. The molecule has 0 N–H and O–H groups in total. The molecule has 0 atom stereocenters. The van der Waals surface area contributed by atoms with Crippen LogP contribution in [-0.4, -0.2) is 37.5 Å². The Morgan fingerprint density at radius 1 is 0.974 bits per heavy atom. The van der Waals surface area contributed by atoms with Crippen LogP contribution in [0, 0.1) is 0 Å². The number of hydrogen-bond donors (Lipinski definition) is 0. The summed E-state index contributed by atoms with van der Waals surface area (Å²) in [6.45, 7) is 2.84. The van der Waals surface area contributed by atoms with Crippen LogP contribution < -0.4 is 19.8 Å². The van der Waals surface area contributed by atoms with Crippen LogP contribution in [0.2, 0.25) is 0 Å². The first-order chi connectivity index (χ1) is 18.6. The van der Waals surface area contributed by atoms with Gasteiger partial charge in [-0.25, -0.2) is 4.79 Å². The van der Waals surface area contributed by atoms with Gasteiger partial charge >= 0.3 is 5.97 Å². The third-order valence-corrected chi connectivity index (χ3v) is 6.61. The molecule has 6 rings (SSSR count). The molecule has 192 valence electrons. The van der Waals surface area contributed by atoms with Gasteiger partial charge in [-0.2, -0.15) is 0 Å². The maximum atomic E-state index is 14.3. The Morgan fingerprint density at radius 2 is 1.74 bits per heavy atom. The number of esters is 1. The van der Waals surface area contributed by atoms with Gasteiger partial charge in [0.1, 0.15) is 30.1 Å². The molecule has 0 amide bonds. The molecule has 38 heavy (non-hydrogen) atoms. The van der Waals surface area contributed by atoms with Gasteiger partial charge in [0.2, 0.25) is 0 Å². The van der Waals surface area contributed by atoms with E-state index in [2.05, 4.69) is 0 Å². The van der Waals surface area contributed by atoms with E-state index in [9.17, 15) is 9.59 Å². The largest absolute Gasteiger partial charge is 0.496 e. The third-order valence-electron chi connectivity index (χ3n) is 6.61. The highest BCUT2D eigenvalue weighted by molar-refractivity contribution is 6.12. The first-order valence-corrected chi connectivity index (χ1v) is 12.4. The molecule has 0 radical (unpaired) electrons. The number of aromatic nitrogens is 1. The van der Waals surface area contributed by atoms with Crippen molar-refractivity contribution in [2.24, 2.45) is 0 Å². The van der Waals surface area contributed by atoms with Gasteiger partial charge in [-0.15, -0.1) is 0 Å². The normalized spacial score (nSPS) is 12.6. The van der Waals surface area contributed by atoms with Crippen molar-refractivity contribution in [1.82, 2.24) is 4.57 Å². The van der Waals surface area contributed by atoms with Crippen molar-refractivity contribution in [3.05, 3.63) is 88.2 Å². The fraction of sp³-hybridized carbons (Fsp3) is 0.200. The summed E-state index contributed by atoms with van der Waals surface area (Å²) in [6.07, 6.45) is 0. The monoisotopic (exact) mass is 511 g/mol. The summed E-state index contributed by atoms with van der Waals surface area (Å²) in [5, 5.41) is 0.753. The molecule has 1 aliphatic heterocycles. The summed E-state index contributed by atoms with van der Waals surface area (Å²) >= 11 is 0. The lowest BCUT2D eigenvalue weighted by atomic mass is 9.98. The van der Waals surface area contributed by atoms with E-state index in [1.165, 1.54) is 0 Å². The van der Waals surface area contributed by atoms with Crippen LogP contribution in [0.25, 0.3) is 33.2 Å². The topological polar surface area (TPSA) is 89.1 Å². The van der Waals surface area contributed by atoms with E-state index in [1.54, 1.807) is 36.8 Å². The summed E-state index contributed by atoms with van der Waals surface area (Å²) < 4.78 is 30.3. The van der Waals surface area contributed by atoms with Crippen molar-refractivity contribution in [3.8, 4) is 28.4 Å². The summed E-state index contributed by atoms with van der Waals surface area (Å²) in [4.78, 5) is 27.6. The molecule has 1 aliphatic rings. The number of furan rings is 1. The molecular weight excluding hydrogens is 486 g/mol. The summed E-state index contributed by atoms with van der Waals surface area (Å²) in [5.41, 5.74) is 2.70. The minimum absolute atomic E-state index is 0.106. The lowest BCUT2D eigenvalue weighted by Gasteiger charge is -2.20. The maximum absolute atomic E-state index is 14.3. The van der Waals surface area contributed by atoms with Gasteiger partial charge in [0, 0.05) is 16.5 Å². The van der Waals surface area contributed by atoms with Crippen LogP contribution in [0.15, 0.2) is 75.9 Å². The molecular formula is C30H25NO7. The smallest absolute Gasteiger partial charge is 0.344 e. The van der Waals surface area contributed by atoms with E-state index in [0.717, 1.165) is 10.9 Å². The molecule has 3 aromatic carbocycles. The van der Waals surface area contributed by atoms with Crippen molar-refractivity contribution >= 4 is 28.0 Å². The predicted octanol–water partition coefficient (Wildman–Crippen LogP) is 5.42. The van der Waals surface area contributed by atoms with Crippen LogP contribution in [0.1, 0.15) is 22.8 Å². The standard InChI is InChI=1S/C30H25NO7/c1-3-35-30(33)26-25(18-12-13-23-24(16-18)37-15-14-36-23)28-27(20-9-5-7-11-22(20)38-28)31(29(26)32)17-19-8-4-6-10-21(19)34-2/h4-13,16H,3,14-15,17H2,1-2H3. The van der Waals surface area contributed by atoms with E-state index in [1.807, 2.05) is 48.5 Å². The SMILES string of the molecule is CCOC(=O)c1c(-c2ccc3c(c2)OCCO3)c2oc3ccccc3c2n(Cc2ccccc2OC)c1=O. The Bertz CT molecular complexity index is 1750. The van der Waals surface area contributed by atoms with E-state index in [4.69, 9.17) is 23.4 Å². The third kappa shape index (κ3) is 3.85. The van der Waals surface area contributed by atoms with E-state index in [-0.39, 0.29) is 18.7 Å². The number of carbonyl (C=O) groups is 1. The van der Waals surface area contributed by atoms with Crippen molar-refractivity contribution < 1.29 is 28.2 Å². The van der Waals surface area contributed by atoms with Crippen molar-refractivity contribution in [1.29, 1.82) is 0 Å². The second-order valence-corrected chi connectivity index (χ2v) is 8.81. The second kappa shape index (κ2) is 9.63. The molecule has 5 aromatic rings. The molecule has 0 saturated heterocycles. The molecule has 2 aromatic heterocycles. The van der Waals surface area contributed by atoms with Crippen molar-refractivity contribution in [2.75, 3.05) is 26.9 Å². The number of methoxy groups -OCH3 is 1. The molecule has 0 saturated carbocycles. The molecule has 3 heterocycles. The Kier molecular flexibility index (Phi) is 5.99. The van der Waals surface area contributed by atoms with Crippen molar-refractivity contribution in [2.45, 2.75) is 13.5 Å². The van der Waals surface area contributed by atoms with Gasteiger partial charge in [-0.05, 0) is 42.8 Å². The minimum Gasteiger partial charge on any atom is -0.496 e. The zero-order chi connectivity index (χ0) is 26.2. The second-order valence-electron chi connectivity index (χ2n) is 8.81. The van der Waals surface area contributed by atoms with Gasteiger partial charge in [0.15, 0.2) is 17.1 Å². The minimum atomic E-state index is -0.724. The molecule has 0 bridgehead atoms. The fourth-order valence-electron chi connectivity index (χ4n) is 4.95. The number of rotatable bonds is 6. The van der Waals surface area contributed by atoms with Crippen LogP contribution in [0.4, 0.5) is 0 Å². The zero-order valence-corrected chi connectivity index (χ0v) is 21.0. The number of pyridine rings is 1. The number of para-hydroxylation sites is 2. The Morgan fingerprint density at radius 3 is 2.55 bits per heavy atom. The number of carbonyl (C=O) groups excluding carboxylic acids is 1. The van der Waals surface area contributed by atoms with Gasteiger partial charge in [-0.1, -0.05) is 36.4 Å². The van der Waals surface area contributed by atoms with E-state index >= 15 is 0 Å². The predicted molar refractivity (Wildman–Crippen MR) is 142 cm³/mol. The van der Waals surface area contributed by atoms with Gasteiger partial charge in [-0.3, -0.25) is 9.36 Å². The molecule has 0 aliphatic carbocycles. The fourth-order valence-corrected chi connectivity index (χ4v) is 4.95. The maximum Gasteiger partial charge on any atom is 0.344 e. The molecule has 0 spiro atoms. The lowest BCUT2D eigenvalue weighted by Crippen LogP contribution is -2.29. The Hall–Kier alpha value is -4.72. The zero-order valence-electron chi connectivity index (χ0n) is 21.0. The Balaban J connectivity index is 1.71. The first kappa shape index (κ1) is 23.7. The highest BCUT2D eigenvalue weighted by atomic mass is 16.6. The summed E-state index contributed by atoms with van der Waals surface area (Å²) in [5.74, 6) is 1.04. The van der Waals surface area contributed by atoms with Gasteiger partial charge in [0.05, 0.1) is 25.8 Å². The number of fused-ring (bicyclic) bond motifs is 4. The van der Waals surface area contributed by atoms with Gasteiger partial charge in [0.25, 0.3) is 5.56 Å². The average Bonchev–Trinajstić information content (AvgIpc) is 3.33. The lowest BCUT2D eigenvalue weighted by molar-refractivity contribution is 0.0524. The van der Waals surface area contributed by atoms with Crippen LogP contribution in [0.3, 0.4) is 0 Å². The highest BCUT2D eigenvalue weighted by Gasteiger charge is 2.29. The number of ether oxygens (including phenoxy) is 4. The van der Waals surface area contributed by atoms with Crippen LogP contribution in [-0.2, 0) is 11.3 Å². The summed E-state index contributed by atoms with van der Waals surface area (Å²) in [7, 11) is 1.58. The molecule has 0 unspecified atom stereocenters. The number of nitrogens with zero attached hydrogens (tertiary/aromatic N) is 1. The van der Waals surface area contributed by atoms with Crippen LogP contribution >= 0.6 is 0 Å². The molecule has 0 fully saturated rings. The first-order valence-electron chi connectivity index (χ1n) is 12.4. The highest BCUT2D eigenvalue weighted by Crippen LogP contribution is 2.41. The molecule has 8 heteroatoms. The molecule has 8 nitrogen and oxygen atoms in total. The van der Waals surface area contributed by atoms with E-state index < -0.39 is 11.5 Å². The van der Waals surface area contributed by atoms with Gasteiger partial charge < -0.3 is 23.4 Å². The Labute approximate surface area is 217 Å². The average molecular weight is 512 g/mol. The summed E-state index contributed by atoms with van der Waals surface area (Å²) in [6, 6.07) is 20.3. The number of benzene rings is 3. The number of hydrogen-bond acceptors (Lipinski definition) is 7. The van der Waals surface area contributed by atoms with E-state index in [0.29, 0.717) is 58.3 Å². The van der Waals surface area contributed by atoms with Crippen molar-refractivity contribution in [3.63, 3.8) is 0 Å². The van der Waals surface area contributed by atoms with Crippen LogP contribution in [0.5, 0.6) is 17.2 Å².